The van der Waals surface area contributed by atoms with Gasteiger partial charge in [0.25, 0.3) is 0 Å². The van der Waals surface area contributed by atoms with E-state index < -0.39 is 0 Å². The van der Waals surface area contributed by atoms with Crippen molar-refractivity contribution < 1.29 is 14.3 Å². The Kier molecular flexibility index (Phi) is 6.24. The highest BCUT2D eigenvalue weighted by Crippen LogP contribution is 2.24. The molecule has 126 valence electrons. The van der Waals surface area contributed by atoms with Crippen molar-refractivity contribution in [3.63, 3.8) is 0 Å². The first-order valence-electron chi connectivity index (χ1n) is 8.73. The van der Waals surface area contributed by atoms with Crippen LogP contribution in [0, 0.1) is 5.92 Å². The molecule has 5 nitrogen and oxygen atoms in total. The van der Waals surface area contributed by atoms with Gasteiger partial charge in [0.05, 0.1) is 19.1 Å². The van der Waals surface area contributed by atoms with Gasteiger partial charge in [-0.1, -0.05) is 0 Å². The minimum Gasteiger partial charge on any atom is -0.466 e. The maximum Gasteiger partial charge on any atom is 0.309 e. The first-order valence-corrected chi connectivity index (χ1v) is 8.73. The van der Waals surface area contributed by atoms with E-state index in [-0.39, 0.29) is 17.8 Å². The third-order valence-electron chi connectivity index (χ3n) is 5.05. The van der Waals surface area contributed by atoms with Crippen LogP contribution in [-0.2, 0) is 14.3 Å². The van der Waals surface area contributed by atoms with Gasteiger partial charge in [-0.25, -0.2) is 0 Å². The summed E-state index contributed by atoms with van der Waals surface area (Å²) < 4.78 is 5.09. The van der Waals surface area contributed by atoms with E-state index in [4.69, 9.17) is 4.74 Å². The summed E-state index contributed by atoms with van der Waals surface area (Å²) >= 11 is 0. The number of esters is 1. The molecule has 2 saturated heterocycles. The Morgan fingerprint density at radius 3 is 2.18 bits per heavy atom. The van der Waals surface area contributed by atoms with E-state index in [9.17, 15) is 9.59 Å². The summed E-state index contributed by atoms with van der Waals surface area (Å²) in [6.07, 6.45) is 5.05. The van der Waals surface area contributed by atoms with E-state index in [0.717, 1.165) is 38.8 Å². The molecule has 0 aromatic rings. The van der Waals surface area contributed by atoms with Crippen molar-refractivity contribution in [1.29, 1.82) is 0 Å². The molecule has 2 rings (SSSR count). The Balaban J connectivity index is 1.80. The van der Waals surface area contributed by atoms with Gasteiger partial charge in [0.15, 0.2) is 0 Å². The van der Waals surface area contributed by atoms with Gasteiger partial charge in [0.2, 0.25) is 5.91 Å². The van der Waals surface area contributed by atoms with Crippen LogP contribution in [0.3, 0.4) is 0 Å². The molecule has 0 spiro atoms. The van der Waals surface area contributed by atoms with Gasteiger partial charge in [-0.2, -0.15) is 0 Å². The molecule has 2 heterocycles. The molecule has 2 fully saturated rings. The molecule has 0 saturated carbocycles. The molecular formula is C17H30N2O3. The van der Waals surface area contributed by atoms with Crippen LogP contribution in [0.1, 0.15) is 52.9 Å². The van der Waals surface area contributed by atoms with E-state index in [0.29, 0.717) is 25.2 Å². The van der Waals surface area contributed by atoms with E-state index in [2.05, 4.69) is 23.6 Å². The molecular weight excluding hydrogens is 280 g/mol. The molecule has 2 aliphatic heterocycles. The van der Waals surface area contributed by atoms with E-state index in [1.807, 2.05) is 6.92 Å². The average molecular weight is 310 g/mol. The molecule has 0 unspecified atom stereocenters. The molecule has 0 aliphatic carbocycles. The van der Waals surface area contributed by atoms with E-state index in [1.165, 1.54) is 6.42 Å². The predicted molar refractivity (Wildman–Crippen MR) is 85.4 cm³/mol. The third-order valence-corrected chi connectivity index (χ3v) is 5.05. The second kappa shape index (κ2) is 7.95. The fourth-order valence-corrected chi connectivity index (χ4v) is 3.77. The van der Waals surface area contributed by atoms with Crippen molar-refractivity contribution in [2.75, 3.05) is 26.2 Å². The molecule has 22 heavy (non-hydrogen) atoms. The van der Waals surface area contributed by atoms with Gasteiger partial charge in [0, 0.05) is 12.1 Å². The quantitative estimate of drug-likeness (QED) is 0.746. The Bertz CT molecular complexity index is 381. The number of nitrogens with zero attached hydrogens (tertiary/aromatic N) is 2. The van der Waals surface area contributed by atoms with Gasteiger partial charge >= 0.3 is 5.97 Å². The molecule has 0 radical (unpaired) electrons. The molecule has 0 N–H and O–H groups in total. The van der Waals surface area contributed by atoms with Crippen LogP contribution >= 0.6 is 0 Å². The summed E-state index contributed by atoms with van der Waals surface area (Å²) in [6.45, 7) is 8.71. The van der Waals surface area contributed by atoms with Gasteiger partial charge in [-0.3, -0.25) is 14.5 Å². The molecule has 5 heteroatoms. The monoisotopic (exact) mass is 310 g/mol. The lowest BCUT2D eigenvalue weighted by atomic mass is 9.96. The van der Waals surface area contributed by atoms with Crippen molar-refractivity contribution >= 4 is 11.9 Å². The number of ether oxygens (including phenoxy) is 1. The topological polar surface area (TPSA) is 49.9 Å². The van der Waals surface area contributed by atoms with E-state index in [1.54, 1.807) is 0 Å². The Labute approximate surface area is 134 Å². The summed E-state index contributed by atoms with van der Waals surface area (Å²) in [5.74, 6) is 0.181. The molecule has 1 amide bonds. The highest BCUT2D eigenvalue weighted by Gasteiger charge is 2.31. The largest absolute Gasteiger partial charge is 0.466 e. The standard InChI is InChI=1S/C17H30N2O3/c1-4-22-17(21)15-8-10-18(11-9-15)12-16(20)19-13(2)6-5-7-14(19)3/h13-15H,4-12H2,1-3H3/t13-,14-/m0/s1. The van der Waals surface area contributed by atoms with Crippen molar-refractivity contribution in [1.82, 2.24) is 9.80 Å². The molecule has 0 bridgehead atoms. The Morgan fingerprint density at radius 2 is 1.64 bits per heavy atom. The SMILES string of the molecule is CCOC(=O)C1CCN(CC(=O)N2[C@@H](C)CCC[C@@H]2C)CC1. The number of carbonyl (C=O) groups excluding carboxylic acids is 2. The van der Waals surface area contributed by atoms with Crippen LogP contribution in [0.2, 0.25) is 0 Å². The molecule has 0 aromatic carbocycles. The average Bonchev–Trinajstić information content (AvgIpc) is 2.48. The van der Waals surface area contributed by atoms with Crippen molar-refractivity contribution in [3.8, 4) is 0 Å². The smallest absolute Gasteiger partial charge is 0.309 e. The summed E-state index contributed by atoms with van der Waals surface area (Å²) in [5, 5.41) is 0. The van der Waals surface area contributed by atoms with E-state index >= 15 is 0 Å². The highest BCUT2D eigenvalue weighted by atomic mass is 16.5. The predicted octanol–water partition coefficient (Wildman–Crippen LogP) is 2.05. The molecule has 2 aliphatic rings. The molecule has 2 atom stereocenters. The van der Waals surface area contributed by atoms with Crippen molar-refractivity contribution in [2.24, 2.45) is 5.92 Å². The van der Waals surface area contributed by atoms with Gasteiger partial charge < -0.3 is 9.64 Å². The first kappa shape index (κ1) is 17.3. The first-order chi connectivity index (χ1) is 10.5. The van der Waals surface area contributed by atoms with Crippen LogP contribution in [0.5, 0.6) is 0 Å². The Morgan fingerprint density at radius 1 is 1.05 bits per heavy atom. The normalized spacial score (nSPS) is 27.7. The highest BCUT2D eigenvalue weighted by molar-refractivity contribution is 5.79. The zero-order chi connectivity index (χ0) is 16.1. The lowest BCUT2D eigenvalue weighted by Gasteiger charge is -2.40. The summed E-state index contributed by atoms with van der Waals surface area (Å²) in [5.41, 5.74) is 0. The summed E-state index contributed by atoms with van der Waals surface area (Å²) in [7, 11) is 0. The number of hydrogen-bond donors (Lipinski definition) is 0. The van der Waals surface area contributed by atoms with Crippen LogP contribution in [0.25, 0.3) is 0 Å². The van der Waals surface area contributed by atoms with Crippen LogP contribution in [0.15, 0.2) is 0 Å². The maximum atomic E-state index is 12.6. The third kappa shape index (κ3) is 4.22. The second-order valence-corrected chi connectivity index (χ2v) is 6.73. The van der Waals surface area contributed by atoms with Gasteiger partial charge in [-0.05, 0) is 66.0 Å². The van der Waals surface area contributed by atoms with Crippen LogP contribution in [-0.4, -0.2) is 60.0 Å². The fourth-order valence-electron chi connectivity index (χ4n) is 3.77. The number of piperidine rings is 2. The summed E-state index contributed by atoms with van der Waals surface area (Å²) in [6, 6.07) is 0.710. The van der Waals surface area contributed by atoms with Crippen molar-refractivity contribution in [2.45, 2.75) is 65.0 Å². The molecule has 0 aromatic heterocycles. The number of rotatable bonds is 4. The summed E-state index contributed by atoms with van der Waals surface area (Å²) in [4.78, 5) is 28.6. The van der Waals surface area contributed by atoms with Crippen LogP contribution < -0.4 is 0 Å². The maximum absolute atomic E-state index is 12.6. The van der Waals surface area contributed by atoms with Crippen molar-refractivity contribution in [3.05, 3.63) is 0 Å². The van der Waals surface area contributed by atoms with Gasteiger partial charge in [-0.15, -0.1) is 0 Å². The number of amides is 1. The number of hydrogen-bond acceptors (Lipinski definition) is 4. The van der Waals surface area contributed by atoms with Crippen LogP contribution in [0.4, 0.5) is 0 Å². The van der Waals surface area contributed by atoms with Gasteiger partial charge in [0.1, 0.15) is 0 Å². The second-order valence-electron chi connectivity index (χ2n) is 6.73. The number of likely N-dealkylation sites (tertiary alicyclic amines) is 2. The minimum absolute atomic E-state index is 0.0131. The Hall–Kier alpha value is -1.10. The zero-order valence-electron chi connectivity index (χ0n) is 14.2. The fraction of sp³-hybridized carbons (Fsp3) is 0.882. The number of carbonyl (C=O) groups is 2. The zero-order valence-corrected chi connectivity index (χ0v) is 14.2. The lowest BCUT2D eigenvalue weighted by Crippen LogP contribution is -2.52. The minimum atomic E-state index is -0.0771. The lowest BCUT2D eigenvalue weighted by molar-refractivity contribution is -0.149.